The Bertz CT molecular complexity index is 1300. The van der Waals surface area contributed by atoms with Gasteiger partial charge in [-0.05, 0) is 47.9 Å². The molecule has 33 heavy (non-hydrogen) atoms. The van der Waals surface area contributed by atoms with Crippen LogP contribution in [0.4, 0.5) is 19.0 Å². The van der Waals surface area contributed by atoms with Gasteiger partial charge in [0.15, 0.2) is 11.5 Å². The SMILES string of the molecule is COc1cccc(CC(=O)Nc2nn3cc(C)cnc3c2-c2ccc(OC(F)(F)F)cc2)c1. The zero-order chi connectivity index (χ0) is 23.6. The fraction of sp³-hybridized carbons (Fsp3) is 0.174. The Labute approximate surface area is 186 Å². The van der Waals surface area contributed by atoms with Crippen LogP contribution in [-0.2, 0) is 11.2 Å². The van der Waals surface area contributed by atoms with Gasteiger partial charge in [0, 0.05) is 12.4 Å². The highest BCUT2D eigenvalue weighted by atomic mass is 19.4. The molecule has 7 nitrogen and oxygen atoms in total. The average Bonchev–Trinajstić information content (AvgIpc) is 3.09. The Morgan fingerprint density at radius 1 is 1.12 bits per heavy atom. The number of aromatic nitrogens is 3. The normalized spacial score (nSPS) is 11.4. The molecule has 4 rings (SSSR count). The minimum Gasteiger partial charge on any atom is -0.497 e. The lowest BCUT2D eigenvalue weighted by Gasteiger charge is -2.10. The summed E-state index contributed by atoms with van der Waals surface area (Å²) in [6, 6.07) is 12.4. The van der Waals surface area contributed by atoms with Crippen molar-refractivity contribution in [3.63, 3.8) is 0 Å². The maximum absolute atomic E-state index is 12.8. The van der Waals surface area contributed by atoms with Crippen LogP contribution in [0, 0.1) is 6.92 Å². The molecule has 0 aliphatic heterocycles. The number of benzene rings is 2. The fourth-order valence-corrected chi connectivity index (χ4v) is 3.35. The van der Waals surface area contributed by atoms with E-state index in [9.17, 15) is 18.0 Å². The molecule has 2 heterocycles. The number of alkyl halides is 3. The van der Waals surface area contributed by atoms with Gasteiger partial charge in [-0.2, -0.15) is 0 Å². The molecule has 0 saturated carbocycles. The minimum atomic E-state index is -4.79. The first kappa shape index (κ1) is 22.1. The third-order valence-corrected chi connectivity index (χ3v) is 4.73. The molecule has 4 aromatic rings. The smallest absolute Gasteiger partial charge is 0.497 e. The lowest BCUT2D eigenvalue weighted by atomic mass is 10.1. The number of hydrogen-bond donors (Lipinski definition) is 1. The van der Waals surface area contributed by atoms with Crippen LogP contribution >= 0.6 is 0 Å². The van der Waals surface area contributed by atoms with Crippen molar-refractivity contribution in [2.24, 2.45) is 0 Å². The number of ether oxygens (including phenoxy) is 2. The molecule has 0 bridgehead atoms. The van der Waals surface area contributed by atoms with E-state index >= 15 is 0 Å². The number of nitrogens with zero attached hydrogens (tertiary/aromatic N) is 3. The number of anilines is 1. The standard InChI is InChI=1S/C23H19F3N4O3/c1-14-12-27-22-20(16-6-8-17(9-7-16)33-23(24,25)26)21(29-30(22)13-14)28-19(31)11-15-4-3-5-18(10-15)32-2/h3-10,12-13H,11H2,1-2H3,(H,28,29,31). The van der Waals surface area contributed by atoms with E-state index in [0.717, 1.165) is 11.1 Å². The molecule has 2 aromatic heterocycles. The molecule has 0 aliphatic rings. The van der Waals surface area contributed by atoms with Crippen molar-refractivity contribution in [3.05, 3.63) is 72.1 Å². The Morgan fingerprint density at radius 3 is 2.58 bits per heavy atom. The van der Waals surface area contributed by atoms with E-state index in [1.165, 1.54) is 28.8 Å². The molecular formula is C23H19F3N4O3. The van der Waals surface area contributed by atoms with Crippen molar-refractivity contribution in [3.8, 4) is 22.6 Å². The second kappa shape index (κ2) is 8.81. The lowest BCUT2D eigenvalue weighted by molar-refractivity contribution is -0.274. The van der Waals surface area contributed by atoms with Crippen LogP contribution in [0.2, 0.25) is 0 Å². The zero-order valence-corrected chi connectivity index (χ0v) is 17.7. The van der Waals surface area contributed by atoms with E-state index in [2.05, 4.69) is 20.1 Å². The molecule has 10 heteroatoms. The number of hydrogen-bond acceptors (Lipinski definition) is 5. The first-order valence-electron chi connectivity index (χ1n) is 9.86. The van der Waals surface area contributed by atoms with E-state index in [1.807, 2.05) is 6.92 Å². The van der Waals surface area contributed by atoms with Crippen LogP contribution in [0.1, 0.15) is 11.1 Å². The van der Waals surface area contributed by atoms with Gasteiger partial charge in [0.05, 0.1) is 19.1 Å². The minimum absolute atomic E-state index is 0.0787. The number of carbonyl (C=O) groups is 1. The van der Waals surface area contributed by atoms with Crippen molar-refractivity contribution in [1.29, 1.82) is 0 Å². The number of carbonyl (C=O) groups excluding carboxylic acids is 1. The third-order valence-electron chi connectivity index (χ3n) is 4.73. The summed E-state index contributed by atoms with van der Waals surface area (Å²) in [7, 11) is 1.54. The van der Waals surface area contributed by atoms with E-state index < -0.39 is 6.36 Å². The van der Waals surface area contributed by atoms with Crippen molar-refractivity contribution in [1.82, 2.24) is 14.6 Å². The van der Waals surface area contributed by atoms with Crippen LogP contribution in [-0.4, -0.2) is 34.0 Å². The number of halogens is 3. The number of aryl methyl sites for hydroxylation is 1. The van der Waals surface area contributed by atoms with Gasteiger partial charge in [-0.25, -0.2) is 9.50 Å². The molecule has 0 unspecified atom stereocenters. The summed E-state index contributed by atoms with van der Waals surface area (Å²) in [6.07, 6.45) is -1.33. The summed E-state index contributed by atoms with van der Waals surface area (Å²) in [6.45, 7) is 1.85. The van der Waals surface area contributed by atoms with Gasteiger partial charge in [0.1, 0.15) is 11.5 Å². The summed E-state index contributed by atoms with van der Waals surface area (Å²) < 4.78 is 48.1. The van der Waals surface area contributed by atoms with Crippen LogP contribution in [0.25, 0.3) is 16.8 Å². The van der Waals surface area contributed by atoms with Crippen LogP contribution in [0.15, 0.2) is 60.9 Å². The first-order valence-corrected chi connectivity index (χ1v) is 9.86. The highest BCUT2D eigenvalue weighted by Gasteiger charge is 2.31. The topological polar surface area (TPSA) is 77.8 Å². The Kier molecular flexibility index (Phi) is 5.91. The number of fused-ring (bicyclic) bond motifs is 1. The second-order valence-electron chi connectivity index (χ2n) is 7.27. The summed E-state index contributed by atoms with van der Waals surface area (Å²) in [5, 5.41) is 7.23. The van der Waals surface area contributed by atoms with Gasteiger partial charge < -0.3 is 14.8 Å². The number of nitrogens with one attached hydrogen (secondary N) is 1. The molecule has 1 amide bonds. The van der Waals surface area contributed by atoms with Gasteiger partial charge in [0.25, 0.3) is 0 Å². The number of rotatable bonds is 6. The average molecular weight is 456 g/mol. The van der Waals surface area contributed by atoms with E-state index in [1.54, 1.807) is 43.8 Å². The van der Waals surface area contributed by atoms with Crippen LogP contribution in [0.5, 0.6) is 11.5 Å². The van der Waals surface area contributed by atoms with Crippen LogP contribution in [0.3, 0.4) is 0 Å². The monoisotopic (exact) mass is 456 g/mol. The Balaban J connectivity index is 1.66. The summed E-state index contributed by atoms with van der Waals surface area (Å²) in [5.41, 5.74) is 3.04. The van der Waals surface area contributed by atoms with Crippen molar-refractivity contribution in [2.75, 3.05) is 12.4 Å². The fourth-order valence-electron chi connectivity index (χ4n) is 3.35. The molecular weight excluding hydrogens is 437 g/mol. The number of amides is 1. The third kappa shape index (κ3) is 5.22. The van der Waals surface area contributed by atoms with E-state index in [0.29, 0.717) is 22.5 Å². The maximum Gasteiger partial charge on any atom is 0.573 e. The highest BCUT2D eigenvalue weighted by molar-refractivity contribution is 5.98. The van der Waals surface area contributed by atoms with Gasteiger partial charge in [0.2, 0.25) is 5.91 Å². The Morgan fingerprint density at radius 2 is 1.88 bits per heavy atom. The molecule has 170 valence electrons. The maximum atomic E-state index is 12.8. The van der Waals surface area contributed by atoms with Crippen LogP contribution < -0.4 is 14.8 Å². The number of methoxy groups -OCH3 is 1. The second-order valence-corrected chi connectivity index (χ2v) is 7.27. The molecule has 2 aromatic carbocycles. The lowest BCUT2D eigenvalue weighted by Crippen LogP contribution is -2.17. The summed E-state index contributed by atoms with van der Waals surface area (Å²) in [4.78, 5) is 17.1. The predicted molar refractivity (Wildman–Crippen MR) is 115 cm³/mol. The van der Waals surface area contributed by atoms with Gasteiger partial charge in [-0.15, -0.1) is 18.3 Å². The van der Waals surface area contributed by atoms with E-state index in [-0.39, 0.29) is 23.9 Å². The molecule has 0 fully saturated rings. The predicted octanol–water partition coefficient (Wildman–Crippen LogP) is 4.79. The van der Waals surface area contributed by atoms with Crippen molar-refractivity contribution >= 4 is 17.4 Å². The Hall–Kier alpha value is -4.08. The van der Waals surface area contributed by atoms with Crippen molar-refractivity contribution < 1.29 is 27.4 Å². The van der Waals surface area contributed by atoms with Gasteiger partial charge >= 0.3 is 6.36 Å². The first-order chi connectivity index (χ1) is 15.7. The zero-order valence-electron chi connectivity index (χ0n) is 17.7. The largest absolute Gasteiger partial charge is 0.573 e. The molecule has 0 saturated heterocycles. The van der Waals surface area contributed by atoms with Crippen molar-refractivity contribution in [2.45, 2.75) is 19.7 Å². The van der Waals surface area contributed by atoms with E-state index in [4.69, 9.17) is 4.74 Å². The van der Waals surface area contributed by atoms with Gasteiger partial charge in [-0.3, -0.25) is 4.79 Å². The molecule has 0 atom stereocenters. The molecule has 1 N–H and O–H groups in total. The highest BCUT2D eigenvalue weighted by Crippen LogP contribution is 2.33. The van der Waals surface area contributed by atoms with Gasteiger partial charge in [-0.1, -0.05) is 24.3 Å². The quantitative estimate of drug-likeness (QED) is 0.451. The molecule has 0 spiro atoms. The molecule has 0 radical (unpaired) electrons. The molecule has 0 aliphatic carbocycles. The summed E-state index contributed by atoms with van der Waals surface area (Å²) >= 11 is 0. The summed E-state index contributed by atoms with van der Waals surface area (Å²) in [5.74, 6) is 0.205.